The van der Waals surface area contributed by atoms with Gasteiger partial charge in [0.2, 0.25) is 0 Å². The van der Waals surface area contributed by atoms with E-state index in [1.54, 1.807) is 0 Å². The van der Waals surface area contributed by atoms with Gasteiger partial charge in [-0.05, 0) is 22.0 Å². The van der Waals surface area contributed by atoms with Gasteiger partial charge >= 0.3 is 0 Å². The van der Waals surface area contributed by atoms with Crippen LogP contribution in [-0.2, 0) is 0 Å². The Balaban J connectivity index is 3.01. The fourth-order valence-corrected chi connectivity index (χ4v) is 1.32. The minimum Gasteiger partial charge on any atom is -0.448 e. The molecule has 0 aliphatic rings. The third kappa shape index (κ3) is 2.94. The molecule has 0 saturated heterocycles. The second-order valence-corrected chi connectivity index (χ2v) is 4.02. The van der Waals surface area contributed by atoms with Crippen molar-refractivity contribution in [2.75, 3.05) is 5.73 Å². The molecule has 0 aliphatic heterocycles. The highest BCUT2D eigenvalue weighted by molar-refractivity contribution is 14.1. The van der Waals surface area contributed by atoms with E-state index >= 15 is 0 Å². The Kier molecular flexibility index (Phi) is 3.72. The molecule has 0 amide bonds. The lowest BCUT2D eigenvalue weighted by atomic mass is 10.3. The smallest absolute Gasteiger partial charge is 0.288 e. The van der Waals surface area contributed by atoms with Crippen molar-refractivity contribution in [1.82, 2.24) is 0 Å². The molecule has 0 heterocycles. The Morgan fingerprint density at radius 2 is 2.15 bits per heavy atom. The van der Waals surface area contributed by atoms with Crippen LogP contribution in [0, 0.1) is 5.82 Å². The van der Waals surface area contributed by atoms with Crippen molar-refractivity contribution in [1.29, 1.82) is 0 Å². The van der Waals surface area contributed by atoms with Crippen LogP contribution >= 0.6 is 38.5 Å². The molecule has 0 aromatic heterocycles. The van der Waals surface area contributed by atoms with Gasteiger partial charge in [-0.15, -0.1) is 0 Å². The number of rotatable bonds is 2. The first-order chi connectivity index (χ1) is 6.00. The fourth-order valence-electron chi connectivity index (χ4n) is 0.731. The predicted octanol–water partition coefficient (Wildman–Crippen LogP) is 3.24. The number of ether oxygens (including phenoxy) is 1. The van der Waals surface area contributed by atoms with Crippen LogP contribution in [0.1, 0.15) is 0 Å². The van der Waals surface area contributed by atoms with Gasteiger partial charge in [0.25, 0.3) is 4.36 Å². The maximum atomic E-state index is 13.0. The van der Waals surface area contributed by atoms with Gasteiger partial charge in [-0.1, -0.05) is 0 Å². The summed E-state index contributed by atoms with van der Waals surface area (Å²) in [6.07, 6.45) is 0. The maximum Gasteiger partial charge on any atom is 0.288 e. The number of anilines is 1. The summed E-state index contributed by atoms with van der Waals surface area (Å²) in [5, 5.41) is 0. The van der Waals surface area contributed by atoms with Crippen LogP contribution in [0.5, 0.6) is 5.75 Å². The van der Waals surface area contributed by atoms with Gasteiger partial charge in [-0.3, -0.25) is 0 Å². The molecule has 6 heteroatoms. The monoisotopic (exact) mass is 363 g/mol. The highest BCUT2D eigenvalue weighted by atomic mass is 127. The predicted molar refractivity (Wildman–Crippen MR) is 58.1 cm³/mol. The lowest BCUT2D eigenvalue weighted by Crippen LogP contribution is -2.02. The molecule has 1 aromatic rings. The van der Waals surface area contributed by atoms with Crippen molar-refractivity contribution < 1.29 is 13.5 Å². The van der Waals surface area contributed by atoms with E-state index in [1.165, 1.54) is 28.7 Å². The molecule has 72 valence electrons. The topological polar surface area (TPSA) is 35.2 Å². The van der Waals surface area contributed by atoms with E-state index in [-0.39, 0.29) is 5.75 Å². The summed E-state index contributed by atoms with van der Waals surface area (Å²) in [6.45, 7) is 0. The zero-order valence-corrected chi connectivity index (χ0v) is 9.97. The number of alkyl halides is 2. The molecule has 2 nitrogen and oxygen atoms in total. The van der Waals surface area contributed by atoms with Gasteiger partial charge in [0, 0.05) is 38.8 Å². The Morgan fingerprint density at radius 3 is 2.69 bits per heavy atom. The minimum atomic E-state index is -1.59. The summed E-state index contributed by atoms with van der Waals surface area (Å²) >= 11 is 4.41. The van der Waals surface area contributed by atoms with E-state index < -0.39 is 10.2 Å². The van der Waals surface area contributed by atoms with E-state index in [4.69, 9.17) is 5.73 Å². The molecule has 13 heavy (non-hydrogen) atoms. The van der Waals surface area contributed by atoms with Crippen LogP contribution in [0.2, 0.25) is 0 Å². The molecular formula is C7H5BrF2INO. The van der Waals surface area contributed by atoms with E-state index in [2.05, 4.69) is 20.7 Å². The normalized spacial score (nSPS) is 12.6. The molecule has 2 N–H and O–H groups in total. The Labute approximate surface area is 95.7 Å². The van der Waals surface area contributed by atoms with E-state index in [9.17, 15) is 8.78 Å². The number of nitrogens with two attached hydrogens (primary N) is 1. The number of nitrogen functional groups attached to an aromatic ring is 1. The summed E-state index contributed by atoms with van der Waals surface area (Å²) in [5.41, 5.74) is 5.75. The second-order valence-electron chi connectivity index (χ2n) is 2.18. The average molecular weight is 364 g/mol. The summed E-state index contributed by atoms with van der Waals surface area (Å²) in [7, 11) is 0. The second kappa shape index (κ2) is 4.41. The van der Waals surface area contributed by atoms with Crippen molar-refractivity contribution >= 4 is 44.2 Å². The van der Waals surface area contributed by atoms with Gasteiger partial charge in [-0.2, -0.15) is 4.39 Å². The third-order valence-corrected chi connectivity index (χ3v) is 2.21. The van der Waals surface area contributed by atoms with E-state index in [0.717, 1.165) is 6.07 Å². The number of hydrogen-bond acceptors (Lipinski definition) is 2. The third-order valence-electron chi connectivity index (χ3n) is 1.27. The SMILES string of the molecule is Nc1cc(OC(F)I)c(F)cc1Br. The molecule has 0 bridgehead atoms. The molecule has 1 unspecified atom stereocenters. The zero-order chi connectivity index (χ0) is 10.0. The summed E-state index contributed by atoms with van der Waals surface area (Å²) in [5.74, 6) is -0.844. The number of hydrogen-bond donors (Lipinski definition) is 1. The standard InChI is InChI=1S/C7H5BrF2INO/c8-3-1-4(9)6(2-5(3)12)13-7(10)11/h1-2,7H,12H2. The quantitative estimate of drug-likeness (QED) is 0.497. The van der Waals surface area contributed by atoms with E-state index in [1.807, 2.05) is 0 Å². The molecule has 0 saturated carbocycles. The van der Waals surface area contributed by atoms with Gasteiger partial charge < -0.3 is 10.5 Å². The average Bonchev–Trinajstić information content (AvgIpc) is 1.99. The van der Waals surface area contributed by atoms with Crippen LogP contribution in [0.3, 0.4) is 0 Å². The first kappa shape index (κ1) is 11.0. The van der Waals surface area contributed by atoms with Gasteiger partial charge in [0.05, 0.1) is 0 Å². The maximum absolute atomic E-state index is 13.0. The molecular weight excluding hydrogens is 359 g/mol. The minimum absolute atomic E-state index is 0.192. The Morgan fingerprint density at radius 1 is 1.54 bits per heavy atom. The van der Waals surface area contributed by atoms with Crippen molar-refractivity contribution in [2.24, 2.45) is 0 Å². The Bertz CT molecular complexity index is 322. The lowest BCUT2D eigenvalue weighted by molar-refractivity contribution is 0.164. The molecule has 0 fully saturated rings. The molecule has 0 spiro atoms. The Hall–Kier alpha value is -0.110. The summed E-state index contributed by atoms with van der Waals surface area (Å²) in [6, 6.07) is 2.36. The summed E-state index contributed by atoms with van der Waals surface area (Å²) < 4.78 is 28.7. The number of halogens is 4. The van der Waals surface area contributed by atoms with Crippen LogP contribution in [0.15, 0.2) is 16.6 Å². The van der Waals surface area contributed by atoms with Gasteiger partial charge in [-0.25, -0.2) is 4.39 Å². The molecule has 1 aromatic carbocycles. The van der Waals surface area contributed by atoms with Crippen molar-refractivity contribution in [3.63, 3.8) is 0 Å². The van der Waals surface area contributed by atoms with Crippen LogP contribution in [0.4, 0.5) is 14.5 Å². The number of benzene rings is 1. The zero-order valence-electron chi connectivity index (χ0n) is 6.23. The van der Waals surface area contributed by atoms with Gasteiger partial charge in [0.1, 0.15) is 0 Å². The first-order valence-electron chi connectivity index (χ1n) is 3.20. The molecule has 0 aliphatic carbocycles. The molecule has 1 rings (SSSR count). The van der Waals surface area contributed by atoms with Gasteiger partial charge in [0.15, 0.2) is 11.6 Å². The lowest BCUT2D eigenvalue weighted by Gasteiger charge is -2.08. The van der Waals surface area contributed by atoms with Crippen LogP contribution < -0.4 is 10.5 Å². The van der Waals surface area contributed by atoms with Crippen molar-refractivity contribution in [3.8, 4) is 5.75 Å². The highest BCUT2D eigenvalue weighted by Gasteiger charge is 2.10. The highest BCUT2D eigenvalue weighted by Crippen LogP contribution is 2.29. The van der Waals surface area contributed by atoms with Crippen molar-refractivity contribution in [2.45, 2.75) is 4.36 Å². The van der Waals surface area contributed by atoms with Crippen LogP contribution in [0.25, 0.3) is 0 Å². The fraction of sp³-hybridized carbons (Fsp3) is 0.143. The summed E-state index contributed by atoms with van der Waals surface area (Å²) in [4.78, 5) is 0. The first-order valence-corrected chi connectivity index (χ1v) is 5.24. The largest absolute Gasteiger partial charge is 0.448 e. The van der Waals surface area contributed by atoms with E-state index in [0.29, 0.717) is 10.2 Å². The van der Waals surface area contributed by atoms with Crippen molar-refractivity contribution in [3.05, 3.63) is 22.4 Å². The molecule has 1 atom stereocenters. The molecule has 0 radical (unpaired) electrons. The van der Waals surface area contributed by atoms with Crippen LogP contribution in [-0.4, -0.2) is 4.36 Å².